The number of amides is 1. The average molecular weight is 420 g/mol. The van der Waals surface area contributed by atoms with Crippen molar-refractivity contribution in [3.8, 4) is 0 Å². The molecule has 0 saturated heterocycles. The molecule has 3 N–H and O–H groups in total. The van der Waals surface area contributed by atoms with E-state index in [4.69, 9.17) is 0 Å². The number of fused-ring (bicyclic) bond motifs is 1. The standard InChI is InChI=1S/C20H25N3O5S/c1-3-29(27,28)16-6-4-13(5-7-16)17(11-24)22-20(26)14-8-15-10-23(2)18(12-25)19(15)21-9-14/h4-9,17-18,24-25H,3,10-12H2,1-2H3,(H,22,26). The van der Waals surface area contributed by atoms with Crippen molar-refractivity contribution in [3.63, 3.8) is 0 Å². The molecular formula is C20H25N3O5S. The predicted octanol–water partition coefficient (Wildman–Crippen LogP) is 0.817. The highest BCUT2D eigenvalue weighted by Gasteiger charge is 2.29. The number of rotatable bonds is 7. The van der Waals surface area contributed by atoms with Gasteiger partial charge >= 0.3 is 0 Å². The summed E-state index contributed by atoms with van der Waals surface area (Å²) in [6.45, 7) is 1.79. The summed E-state index contributed by atoms with van der Waals surface area (Å²) in [5, 5.41) is 22.0. The molecule has 2 atom stereocenters. The van der Waals surface area contributed by atoms with E-state index in [0.29, 0.717) is 17.7 Å². The minimum Gasteiger partial charge on any atom is -0.394 e. The first kappa shape index (κ1) is 21.4. The van der Waals surface area contributed by atoms with E-state index >= 15 is 0 Å². The third-order valence-electron chi connectivity index (χ3n) is 5.21. The number of aliphatic hydroxyl groups excluding tert-OH is 2. The van der Waals surface area contributed by atoms with Crippen LogP contribution in [0.3, 0.4) is 0 Å². The topological polar surface area (TPSA) is 120 Å². The molecule has 0 spiro atoms. The molecule has 0 aliphatic carbocycles. The van der Waals surface area contributed by atoms with Crippen LogP contribution in [0, 0.1) is 0 Å². The highest BCUT2D eigenvalue weighted by molar-refractivity contribution is 7.91. The van der Waals surface area contributed by atoms with Crippen LogP contribution in [0.25, 0.3) is 0 Å². The Morgan fingerprint density at radius 1 is 1.31 bits per heavy atom. The number of nitrogens with zero attached hydrogens (tertiary/aromatic N) is 2. The molecule has 3 rings (SSSR count). The zero-order chi connectivity index (χ0) is 21.2. The number of hydrogen-bond donors (Lipinski definition) is 3. The second-order valence-electron chi connectivity index (χ2n) is 7.06. The zero-order valence-corrected chi connectivity index (χ0v) is 17.2. The number of carbonyl (C=O) groups is 1. The molecule has 29 heavy (non-hydrogen) atoms. The lowest BCUT2D eigenvalue weighted by atomic mass is 10.1. The van der Waals surface area contributed by atoms with Crippen LogP contribution in [0.4, 0.5) is 0 Å². The van der Waals surface area contributed by atoms with Gasteiger partial charge in [0.2, 0.25) is 0 Å². The molecule has 2 aromatic rings. The van der Waals surface area contributed by atoms with Gasteiger partial charge in [-0.1, -0.05) is 19.1 Å². The van der Waals surface area contributed by atoms with Crippen LogP contribution >= 0.6 is 0 Å². The van der Waals surface area contributed by atoms with Crippen LogP contribution in [0.1, 0.15) is 46.2 Å². The molecule has 1 amide bonds. The highest BCUT2D eigenvalue weighted by atomic mass is 32.2. The van der Waals surface area contributed by atoms with Gasteiger partial charge in [-0.15, -0.1) is 0 Å². The second kappa shape index (κ2) is 8.58. The Labute approximate surface area is 170 Å². The summed E-state index contributed by atoms with van der Waals surface area (Å²) < 4.78 is 23.9. The summed E-state index contributed by atoms with van der Waals surface area (Å²) in [5.41, 5.74) is 2.61. The maximum Gasteiger partial charge on any atom is 0.253 e. The van der Waals surface area contributed by atoms with E-state index in [2.05, 4.69) is 10.3 Å². The number of aliphatic hydroxyl groups is 2. The minimum atomic E-state index is -3.31. The van der Waals surface area contributed by atoms with Crippen molar-refractivity contribution in [1.82, 2.24) is 15.2 Å². The lowest BCUT2D eigenvalue weighted by molar-refractivity contribution is 0.0915. The van der Waals surface area contributed by atoms with E-state index in [0.717, 1.165) is 11.3 Å². The van der Waals surface area contributed by atoms with Gasteiger partial charge in [-0.25, -0.2) is 8.42 Å². The van der Waals surface area contributed by atoms with Crippen molar-refractivity contribution in [2.75, 3.05) is 26.0 Å². The van der Waals surface area contributed by atoms with Gasteiger partial charge < -0.3 is 15.5 Å². The molecule has 8 nitrogen and oxygen atoms in total. The molecular weight excluding hydrogens is 394 g/mol. The molecule has 0 saturated carbocycles. The molecule has 1 aromatic heterocycles. The number of benzene rings is 1. The van der Waals surface area contributed by atoms with Crippen LogP contribution in [-0.4, -0.2) is 60.4 Å². The van der Waals surface area contributed by atoms with Gasteiger partial charge in [0.05, 0.1) is 47.2 Å². The van der Waals surface area contributed by atoms with Crippen molar-refractivity contribution in [3.05, 3.63) is 58.9 Å². The Morgan fingerprint density at radius 3 is 2.59 bits per heavy atom. The number of likely N-dealkylation sites (N-methyl/N-ethyl adjacent to an activating group) is 1. The van der Waals surface area contributed by atoms with Crippen LogP contribution in [-0.2, 0) is 16.4 Å². The molecule has 0 fully saturated rings. The molecule has 0 radical (unpaired) electrons. The Morgan fingerprint density at radius 2 is 2.00 bits per heavy atom. The van der Waals surface area contributed by atoms with Gasteiger partial charge in [0.25, 0.3) is 5.91 Å². The van der Waals surface area contributed by atoms with Crippen LogP contribution in [0.2, 0.25) is 0 Å². The summed E-state index contributed by atoms with van der Waals surface area (Å²) in [6, 6.07) is 7.02. The predicted molar refractivity (Wildman–Crippen MR) is 107 cm³/mol. The number of carbonyl (C=O) groups excluding carboxylic acids is 1. The summed E-state index contributed by atoms with van der Waals surface area (Å²) in [7, 11) is -1.43. The molecule has 9 heteroatoms. The van der Waals surface area contributed by atoms with E-state index in [9.17, 15) is 23.4 Å². The molecule has 156 valence electrons. The van der Waals surface area contributed by atoms with Gasteiger partial charge in [-0.2, -0.15) is 0 Å². The average Bonchev–Trinajstić information content (AvgIpc) is 3.05. The van der Waals surface area contributed by atoms with Gasteiger partial charge in [0.1, 0.15) is 0 Å². The first-order chi connectivity index (χ1) is 13.8. The monoisotopic (exact) mass is 419 g/mol. The minimum absolute atomic E-state index is 0.00413. The van der Waals surface area contributed by atoms with Crippen molar-refractivity contribution >= 4 is 15.7 Å². The maximum absolute atomic E-state index is 12.7. The van der Waals surface area contributed by atoms with Gasteiger partial charge in [-0.3, -0.25) is 14.7 Å². The molecule has 1 aromatic carbocycles. The molecule has 0 bridgehead atoms. The van der Waals surface area contributed by atoms with Crippen LogP contribution in [0.5, 0.6) is 0 Å². The van der Waals surface area contributed by atoms with Crippen LogP contribution in [0.15, 0.2) is 41.4 Å². The first-order valence-electron chi connectivity index (χ1n) is 9.35. The van der Waals surface area contributed by atoms with Crippen LogP contribution < -0.4 is 5.32 Å². The maximum atomic E-state index is 12.7. The van der Waals surface area contributed by atoms with E-state index in [1.807, 2.05) is 11.9 Å². The number of hydrogen-bond acceptors (Lipinski definition) is 7. The summed E-state index contributed by atoms with van der Waals surface area (Å²) in [5.74, 6) is -0.385. The third-order valence-corrected chi connectivity index (χ3v) is 6.96. The Hall–Kier alpha value is -2.33. The van der Waals surface area contributed by atoms with Gasteiger partial charge in [0, 0.05) is 12.7 Å². The fourth-order valence-corrected chi connectivity index (χ4v) is 4.32. The third kappa shape index (κ3) is 4.32. The second-order valence-corrected chi connectivity index (χ2v) is 9.34. The summed E-state index contributed by atoms with van der Waals surface area (Å²) in [4.78, 5) is 19.2. The van der Waals surface area contributed by atoms with Crippen molar-refractivity contribution in [2.24, 2.45) is 0 Å². The fourth-order valence-electron chi connectivity index (χ4n) is 3.44. The van der Waals surface area contributed by atoms with E-state index < -0.39 is 15.9 Å². The van der Waals surface area contributed by atoms with Crippen molar-refractivity contribution < 1.29 is 23.4 Å². The number of nitrogens with one attached hydrogen (secondary N) is 1. The molecule has 1 aliphatic heterocycles. The van der Waals surface area contributed by atoms with Gasteiger partial charge in [0.15, 0.2) is 9.84 Å². The lowest BCUT2D eigenvalue weighted by Gasteiger charge is -2.17. The largest absolute Gasteiger partial charge is 0.394 e. The Kier molecular flexibility index (Phi) is 6.33. The molecule has 1 aliphatic rings. The smallest absolute Gasteiger partial charge is 0.253 e. The van der Waals surface area contributed by atoms with Crippen molar-refractivity contribution in [1.29, 1.82) is 0 Å². The van der Waals surface area contributed by atoms with E-state index in [1.54, 1.807) is 25.1 Å². The normalized spacial score (nSPS) is 17.7. The number of aromatic nitrogens is 1. The number of pyridine rings is 1. The number of sulfone groups is 1. The summed E-state index contributed by atoms with van der Waals surface area (Å²) in [6.07, 6.45) is 1.46. The molecule has 2 heterocycles. The van der Waals surface area contributed by atoms with Gasteiger partial charge in [-0.05, 0) is 36.4 Å². The Bertz CT molecular complexity index is 992. The van der Waals surface area contributed by atoms with E-state index in [-0.39, 0.29) is 35.8 Å². The highest BCUT2D eigenvalue weighted by Crippen LogP contribution is 2.30. The lowest BCUT2D eigenvalue weighted by Crippen LogP contribution is -2.31. The Balaban J connectivity index is 1.76. The first-order valence-corrected chi connectivity index (χ1v) is 11.0. The molecule has 2 unspecified atom stereocenters. The zero-order valence-electron chi connectivity index (χ0n) is 16.4. The van der Waals surface area contributed by atoms with E-state index in [1.165, 1.54) is 18.3 Å². The fraction of sp³-hybridized carbons (Fsp3) is 0.400. The summed E-state index contributed by atoms with van der Waals surface area (Å²) >= 11 is 0. The SMILES string of the molecule is CCS(=O)(=O)c1ccc(C(CO)NC(=O)c2cnc3c(c2)CN(C)C3CO)cc1. The quantitative estimate of drug-likeness (QED) is 0.608. The van der Waals surface area contributed by atoms with Crippen molar-refractivity contribution in [2.45, 2.75) is 30.4 Å².